The Labute approximate surface area is 131 Å². The minimum Gasteiger partial charge on any atom is -0.493 e. The first-order chi connectivity index (χ1) is 10.8. The summed E-state index contributed by atoms with van der Waals surface area (Å²) in [7, 11) is 0. The second-order valence-corrected chi connectivity index (χ2v) is 5.32. The summed E-state index contributed by atoms with van der Waals surface area (Å²) >= 11 is 0. The van der Waals surface area contributed by atoms with Crippen LogP contribution in [0.1, 0.15) is 25.8 Å². The van der Waals surface area contributed by atoms with Crippen molar-refractivity contribution < 1.29 is 4.74 Å². The maximum absolute atomic E-state index is 5.60. The monoisotopic (exact) mass is 292 g/mol. The van der Waals surface area contributed by atoms with E-state index in [0.717, 1.165) is 40.9 Å². The summed E-state index contributed by atoms with van der Waals surface area (Å²) in [6, 6.07) is 12.1. The molecule has 0 bridgehead atoms. The summed E-state index contributed by atoms with van der Waals surface area (Å²) in [5.41, 5.74) is 4.36. The maximum atomic E-state index is 5.60. The fraction of sp³-hybridized carbons (Fsp3) is 0.263. The van der Waals surface area contributed by atoms with Crippen molar-refractivity contribution >= 4 is 10.9 Å². The number of hydrogen-bond donors (Lipinski definition) is 0. The quantitative estimate of drug-likeness (QED) is 0.655. The lowest BCUT2D eigenvalue weighted by Gasteiger charge is -2.08. The van der Waals surface area contributed by atoms with Crippen LogP contribution in [0, 0.1) is 0 Å². The van der Waals surface area contributed by atoms with Crippen molar-refractivity contribution in [1.29, 1.82) is 0 Å². The standard InChI is InChI=1S/C16H12N2O.C3H8/c1-2-8-17-14(3-1)11-6-9-18-16-12(11)4-5-15-13(16)7-10-19-15;1-3-2/h1-6,8-9H,7,10H2;3H2,1-2H3. The van der Waals surface area contributed by atoms with Crippen molar-refractivity contribution in [3.05, 3.63) is 54.4 Å². The first-order valence-electron chi connectivity index (χ1n) is 7.80. The highest BCUT2D eigenvalue weighted by Gasteiger charge is 2.17. The van der Waals surface area contributed by atoms with Gasteiger partial charge in [0.25, 0.3) is 0 Å². The highest BCUT2D eigenvalue weighted by Crippen LogP contribution is 2.35. The molecule has 0 saturated carbocycles. The molecule has 3 heterocycles. The summed E-state index contributed by atoms with van der Waals surface area (Å²) in [6.45, 7) is 5.00. The summed E-state index contributed by atoms with van der Waals surface area (Å²) in [5, 5.41) is 1.14. The van der Waals surface area contributed by atoms with Crippen LogP contribution in [0.5, 0.6) is 5.75 Å². The van der Waals surface area contributed by atoms with Crippen LogP contribution >= 0.6 is 0 Å². The van der Waals surface area contributed by atoms with Crippen LogP contribution < -0.4 is 4.74 Å². The van der Waals surface area contributed by atoms with E-state index in [2.05, 4.69) is 29.9 Å². The lowest BCUT2D eigenvalue weighted by atomic mass is 10.0. The molecule has 2 aromatic heterocycles. The molecule has 3 aromatic rings. The molecule has 3 heteroatoms. The minimum atomic E-state index is 0.754. The Kier molecular flexibility index (Phi) is 4.33. The third kappa shape index (κ3) is 2.67. The van der Waals surface area contributed by atoms with Gasteiger partial charge in [0.15, 0.2) is 0 Å². The highest BCUT2D eigenvalue weighted by molar-refractivity contribution is 5.96. The van der Waals surface area contributed by atoms with E-state index < -0.39 is 0 Å². The molecular formula is C19H20N2O. The summed E-state index contributed by atoms with van der Waals surface area (Å²) in [4.78, 5) is 8.96. The molecule has 0 atom stereocenters. The molecule has 0 unspecified atom stereocenters. The molecule has 1 aromatic carbocycles. The molecule has 0 saturated heterocycles. The molecule has 4 rings (SSSR count). The second kappa shape index (κ2) is 6.56. The number of hydrogen-bond acceptors (Lipinski definition) is 3. The van der Waals surface area contributed by atoms with Crippen molar-refractivity contribution in [2.75, 3.05) is 6.61 Å². The van der Waals surface area contributed by atoms with Crippen LogP contribution in [-0.4, -0.2) is 16.6 Å². The first kappa shape index (κ1) is 14.5. The van der Waals surface area contributed by atoms with Gasteiger partial charge in [-0.2, -0.15) is 0 Å². The predicted octanol–water partition coefficient (Wildman–Crippen LogP) is 4.65. The number of nitrogens with zero attached hydrogens (tertiary/aromatic N) is 2. The topological polar surface area (TPSA) is 35.0 Å². The number of benzene rings is 1. The smallest absolute Gasteiger partial charge is 0.124 e. The largest absolute Gasteiger partial charge is 0.493 e. The van der Waals surface area contributed by atoms with Crippen molar-refractivity contribution in [2.24, 2.45) is 0 Å². The molecule has 22 heavy (non-hydrogen) atoms. The van der Waals surface area contributed by atoms with Gasteiger partial charge >= 0.3 is 0 Å². The number of fused-ring (bicyclic) bond motifs is 3. The molecule has 1 aliphatic rings. The zero-order valence-electron chi connectivity index (χ0n) is 13.0. The van der Waals surface area contributed by atoms with Gasteiger partial charge in [-0.05, 0) is 30.3 Å². The van der Waals surface area contributed by atoms with Crippen LogP contribution in [0.15, 0.2) is 48.8 Å². The Morgan fingerprint density at radius 3 is 2.64 bits per heavy atom. The zero-order valence-corrected chi connectivity index (χ0v) is 13.0. The summed E-state index contributed by atoms with van der Waals surface area (Å²) in [6.07, 6.45) is 5.86. The van der Waals surface area contributed by atoms with E-state index in [1.807, 2.05) is 42.7 Å². The van der Waals surface area contributed by atoms with Crippen molar-refractivity contribution in [2.45, 2.75) is 26.7 Å². The van der Waals surface area contributed by atoms with Gasteiger partial charge in [0.2, 0.25) is 0 Å². The van der Waals surface area contributed by atoms with Crippen LogP contribution in [0.3, 0.4) is 0 Å². The van der Waals surface area contributed by atoms with E-state index in [9.17, 15) is 0 Å². The SMILES string of the molecule is CCC.c1ccc(-c2ccnc3c4c(ccc23)OCC4)nc1. The summed E-state index contributed by atoms with van der Waals surface area (Å²) < 4.78 is 5.60. The number of ether oxygens (including phenoxy) is 1. The third-order valence-corrected chi connectivity index (χ3v) is 3.53. The average molecular weight is 292 g/mol. The molecule has 0 amide bonds. The van der Waals surface area contributed by atoms with Gasteiger partial charge in [-0.15, -0.1) is 0 Å². The lowest BCUT2D eigenvalue weighted by Crippen LogP contribution is -1.90. The third-order valence-electron chi connectivity index (χ3n) is 3.53. The molecule has 0 fully saturated rings. The van der Waals surface area contributed by atoms with E-state index in [1.54, 1.807) is 0 Å². The van der Waals surface area contributed by atoms with E-state index >= 15 is 0 Å². The van der Waals surface area contributed by atoms with Crippen LogP contribution in [0.4, 0.5) is 0 Å². The van der Waals surface area contributed by atoms with Crippen LogP contribution in [-0.2, 0) is 6.42 Å². The Morgan fingerprint density at radius 1 is 1.00 bits per heavy atom. The molecule has 0 N–H and O–H groups in total. The Hall–Kier alpha value is -2.42. The zero-order chi connectivity index (χ0) is 15.4. The van der Waals surface area contributed by atoms with Gasteiger partial charge in [-0.3, -0.25) is 9.97 Å². The van der Waals surface area contributed by atoms with Crippen molar-refractivity contribution in [3.63, 3.8) is 0 Å². The first-order valence-corrected chi connectivity index (χ1v) is 7.80. The van der Waals surface area contributed by atoms with Gasteiger partial charge in [0.1, 0.15) is 5.75 Å². The predicted molar refractivity (Wildman–Crippen MR) is 90.1 cm³/mol. The van der Waals surface area contributed by atoms with Gasteiger partial charge in [-0.1, -0.05) is 26.3 Å². The summed E-state index contributed by atoms with van der Waals surface area (Å²) in [5.74, 6) is 0.971. The van der Waals surface area contributed by atoms with E-state index in [1.165, 1.54) is 12.0 Å². The minimum absolute atomic E-state index is 0.754. The fourth-order valence-electron chi connectivity index (χ4n) is 2.64. The molecule has 112 valence electrons. The van der Waals surface area contributed by atoms with Crippen LogP contribution in [0.25, 0.3) is 22.2 Å². The molecule has 0 radical (unpaired) electrons. The van der Waals surface area contributed by atoms with Gasteiger partial charge in [0.05, 0.1) is 17.8 Å². The molecule has 1 aliphatic heterocycles. The highest BCUT2D eigenvalue weighted by atomic mass is 16.5. The number of pyridine rings is 2. The van der Waals surface area contributed by atoms with Gasteiger partial charge in [0, 0.05) is 35.3 Å². The van der Waals surface area contributed by atoms with Crippen LogP contribution in [0.2, 0.25) is 0 Å². The Bertz CT molecular complexity index is 769. The Balaban J connectivity index is 0.000000446. The lowest BCUT2D eigenvalue weighted by molar-refractivity contribution is 0.357. The second-order valence-electron chi connectivity index (χ2n) is 5.32. The Morgan fingerprint density at radius 2 is 1.86 bits per heavy atom. The molecular weight excluding hydrogens is 272 g/mol. The van der Waals surface area contributed by atoms with Gasteiger partial charge in [-0.25, -0.2) is 0 Å². The normalized spacial score (nSPS) is 12.3. The fourth-order valence-corrected chi connectivity index (χ4v) is 2.64. The average Bonchev–Trinajstić information content (AvgIpc) is 3.05. The molecule has 0 aliphatic carbocycles. The van der Waals surface area contributed by atoms with Crippen molar-refractivity contribution in [3.8, 4) is 17.0 Å². The number of rotatable bonds is 1. The number of aromatic nitrogens is 2. The maximum Gasteiger partial charge on any atom is 0.124 e. The van der Waals surface area contributed by atoms with E-state index in [4.69, 9.17) is 4.74 Å². The van der Waals surface area contributed by atoms with Crippen molar-refractivity contribution in [1.82, 2.24) is 9.97 Å². The molecule has 3 nitrogen and oxygen atoms in total. The van der Waals surface area contributed by atoms with E-state index in [0.29, 0.717) is 0 Å². The molecule has 0 spiro atoms. The van der Waals surface area contributed by atoms with E-state index in [-0.39, 0.29) is 0 Å². The van der Waals surface area contributed by atoms with Gasteiger partial charge < -0.3 is 4.74 Å².